The van der Waals surface area contributed by atoms with Crippen molar-refractivity contribution in [2.75, 3.05) is 41.9 Å². The molecule has 1 aliphatic heterocycles. The number of hydrogen-bond donors (Lipinski definition) is 2. The van der Waals surface area contributed by atoms with E-state index in [1.165, 1.54) is 12.8 Å². The maximum absolute atomic E-state index is 12.1. The summed E-state index contributed by atoms with van der Waals surface area (Å²) in [6.45, 7) is 10.5. The number of thiocarbonyl (C=S) groups is 1. The summed E-state index contributed by atoms with van der Waals surface area (Å²) in [6, 6.07) is 22.0. The van der Waals surface area contributed by atoms with Crippen LogP contribution in [0.15, 0.2) is 72.9 Å². The minimum atomic E-state index is -0.277. The fourth-order valence-electron chi connectivity index (χ4n) is 5.91. The smallest absolute Gasteiger partial charge is 0.250 e. The fourth-order valence-corrected chi connectivity index (χ4v) is 6.48. The van der Waals surface area contributed by atoms with Gasteiger partial charge in [0.2, 0.25) is 5.91 Å². The number of hydrogen-bond acceptors (Lipinski definition) is 5. The molecule has 5 rings (SSSR count). The maximum atomic E-state index is 12.1. The number of halogens is 1. The summed E-state index contributed by atoms with van der Waals surface area (Å²) in [4.78, 5) is 21.2. The number of nitrogens with zero attached hydrogens (tertiary/aromatic N) is 4. The van der Waals surface area contributed by atoms with Crippen molar-refractivity contribution in [2.45, 2.75) is 39.8 Å². The molecule has 0 saturated carbocycles. The molecule has 2 aromatic carbocycles. The van der Waals surface area contributed by atoms with Gasteiger partial charge in [-0.25, -0.2) is 0 Å². The number of methoxy groups -OCH3 is 1. The van der Waals surface area contributed by atoms with E-state index < -0.39 is 0 Å². The summed E-state index contributed by atoms with van der Waals surface area (Å²) < 4.78 is 7.22. The number of ether oxygens (including phenoxy) is 1. The zero-order valence-electron chi connectivity index (χ0n) is 25.1. The first-order chi connectivity index (χ1) is 20.8. The minimum absolute atomic E-state index is 0.0557. The molecule has 2 N–H and O–H groups in total. The number of benzene rings is 2. The molecule has 0 radical (unpaired) electrons. The highest BCUT2D eigenvalue weighted by atomic mass is 35.5. The van der Waals surface area contributed by atoms with Gasteiger partial charge >= 0.3 is 0 Å². The average Bonchev–Trinajstić information content (AvgIpc) is 3.50. The lowest BCUT2D eigenvalue weighted by atomic mass is 9.96. The highest BCUT2D eigenvalue weighted by Crippen LogP contribution is 2.44. The summed E-state index contributed by atoms with van der Waals surface area (Å²) in [6.07, 6.45) is 1.80. The van der Waals surface area contributed by atoms with Crippen molar-refractivity contribution in [3.8, 4) is 5.69 Å². The molecule has 0 bridgehead atoms. The summed E-state index contributed by atoms with van der Waals surface area (Å²) >= 11 is 12.6. The van der Waals surface area contributed by atoms with Crippen LogP contribution in [0.2, 0.25) is 5.02 Å². The molecule has 224 valence electrons. The molecule has 1 saturated heterocycles. The van der Waals surface area contributed by atoms with Gasteiger partial charge in [0, 0.05) is 54.8 Å². The Hall–Kier alpha value is -3.92. The lowest BCUT2D eigenvalue weighted by molar-refractivity contribution is -0.119. The van der Waals surface area contributed by atoms with Crippen LogP contribution >= 0.6 is 23.8 Å². The Bertz CT molecular complexity index is 1600. The van der Waals surface area contributed by atoms with E-state index in [1.807, 2.05) is 30.3 Å². The summed E-state index contributed by atoms with van der Waals surface area (Å²) in [5.41, 5.74) is 7.88. The number of rotatable bonds is 10. The first-order valence-corrected chi connectivity index (χ1v) is 15.2. The Morgan fingerprint density at radius 3 is 2.42 bits per heavy atom. The Labute approximate surface area is 263 Å². The summed E-state index contributed by atoms with van der Waals surface area (Å²) in [5.74, 6) is -0.277. The van der Waals surface area contributed by atoms with E-state index in [0.29, 0.717) is 15.8 Å². The van der Waals surface area contributed by atoms with Crippen LogP contribution < -0.4 is 20.4 Å². The molecule has 1 fully saturated rings. The SMILES string of the molecule is CCN(CC)c1ccc(-n2c(C)cc([C@@H]3[C@H](c4ccccn4)NC(=S)N3c3ccc(NC(=O)COC)c(Cl)c3)c2C)cc1. The average molecular weight is 617 g/mol. The molecule has 0 unspecified atom stereocenters. The normalized spacial score (nSPS) is 16.3. The first kappa shape index (κ1) is 30.5. The molecule has 2 atom stereocenters. The van der Waals surface area contributed by atoms with Gasteiger partial charge in [0.15, 0.2) is 5.11 Å². The molecule has 0 aliphatic carbocycles. The third-order valence-corrected chi connectivity index (χ3v) is 8.53. The van der Waals surface area contributed by atoms with Crippen LogP contribution in [0.3, 0.4) is 0 Å². The van der Waals surface area contributed by atoms with Crippen LogP contribution in [0.1, 0.15) is 48.6 Å². The van der Waals surface area contributed by atoms with Gasteiger partial charge in [-0.2, -0.15) is 0 Å². The van der Waals surface area contributed by atoms with Crippen LogP contribution in [0.5, 0.6) is 0 Å². The second kappa shape index (κ2) is 13.2. The van der Waals surface area contributed by atoms with E-state index in [1.54, 1.807) is 12.3 Å². The van der Waals surface area contributed by atoms with E-state index in [9.17, 15) is 4.79 Å². The minimum Gasteiger partial charge on any atom is -0.375 e. The van der Waals surface area contributed by atoms with Crippen molar-refractivity contribution in [1.82, 2.24) is 14.9 Å². The first-order valence-electron chi connectivity index (χ1n) is 14.4. The van der Waals surface area contributed by atoms with E-state index in [-0.39, 0.29) is 24.6 Å². The van der Waals surface area contributed by atoms with Crippen LogP contribution in [-0.2, 0) is 9.53 Å². The number of nitrogens with one attached hydrogen (secondary N) is 2. The van der Waals surface area contributed by atoms with Gasteiger partial charge in [-0.05, 0) is 106 Å². The van der Waals surface area contributed by atoms with E-state index >= 15 is 0 Å². The highest BCUT2D eigenvalue weighted by Gasteiger charge is 2.42. The molecule has 10 heteroatoms. The maximum Gasteiger partial charge on any atom is 0.250 e. The Morgan fingerprint density at radius 1 is 1.07 bits per heavy atom. The Balaban J connectivity index is 1.57. The highest BCUT2D eigenvalue weighted by molar-refractivity contribution is 7.80. The van der Waals surface area contributed by atoms with Gasteiger partial charge < -0.3 is 29.7 Å². The molecule has 8 nitrogen and oxygen atoms in total. The third kappa shape index (κ3) is 6.11. The van der Waals surface area contributed by atoms with Gasteiger partial charge in [0.05, 0.1) is 28.5 Å². The zero-order valence-corrected chi connectivity index (χ0v) is 26.7. The topological polar surface area (TPSA) is 74.7 Å². The van der Waals surface area contributed by atoms with E-state index in [4.69, 9.17) is 33.5 Å². The predicted molar refractivity (Wildman–Crippen MR) is 179 cm³/mol. The molecule has 1 amide bonds. The monoisotopic (exact) mass is 616 g/mol. The number of carbonyl (C=O) groups is 1. The van der Waals surface area contributed by atoms with Crippen molar-refractivity contribution < 1.29 is 9.53 Å². The second-order valence-electron chi connectivity index (χ2n) is 10.5. The van der Waals surface area contributed by atoms with Gasteiger partial charge in [-0.1, -0.05) is 17.7 Å². The lowest BCUT2D eigenvalue weighted by Gasteiger charge is -2.28. The van der Waals surface area contributed by atoms with Crippen molar-refractivity contribution in [2.24, 2.45) is 0 Å². The van der Waals surface area contributed by atoms with Crippen LogP contribution in [0.25, 0.3) is 5.69 Å². The van der Waals surface area contributed by atoms with Crippen LogP contribution in [-0.4, -0.2) is 47.4 Å². The number of pyridine rings is 1. The molecule has 3 heterocycles. The number of aryl methyl sites for hydroxylation is 1. The quantitative estimate of drug-likeness (QED) is 0.191. The van der Waals surface area contributed by atoms with E-state index in [0.717, 1.165) is 47.1 Å². The Kier molecular flexibility index (Phi) is 9.34. The molecule has 43 heavy (non-hydrogen) atoms. The molecule has 2 aromatic heterocycles. The van der Waals surface area contributed by atoms with Crippen molar-refractivity contribution in [3.05, 3.63) is 101 Å². The second-order valence-corrected chi connectivity index (χ2v) is 11.3. The van der Waals surface area contributed by atoms with Gasteiger partial charge in [-0.3, -0.25) is 9.78 Å². The molecule has 4 aromatic rings. The third-order valence-electron chi connectivity index (χ3n) is 7.90. The van der Waals surface area contributed by atoms with Gasteiger partial charge in [0.25, 0.3) is 0 Å². The fraction of sp³-hybridized carbons (Fsp3) is 0.303. The van der Waals surface area contributed by atoms with E-state index in [2.05, 4.69) is 83.0 Å². The molecule has 1 aliphatic rings. The largest absolute Gasteiger partial charge is 0.375 e. The summed E-state index contributed by atoms with van der Waals surface area (Å²) in [7, 11) is 1.47. The standard InChI is InChI=1S/C33H37ClN6O2S/c1-6-38(7-2)23-11-13-24(14-12-23)39-21(3)18-26(22(39)4)32-31(29-10-8-9-17-35-29)37-33(43)40(32)25-15-16-28(27(34)19-25)36-30(41)20-42-5/h8-19,31-32H,6-7,20H2,1-5H3,(H,36,41)(H,37,43)/t31-,32+/m0/s1. The number of aromatic nitrogens is 2. The van der Waals surface area contributed by atoms with Crippen molar-refractivity contribution in [3.63, 3.8) is 0 Å². The summed E-state index contributed by atoms with van der Waals surface area (Å²) in [5, 5.41) is 7.30. The molecular weight excluding hydrogens is 580 g/mol. The zero-order chi connectivity index (χ0) is 30.7. The predicted octanol–water partition coefficient (Wildman–Crippen LogP) is 6.75. The van der Waals surface area contributed by atoms with Gasteiger partial charge in [0.1, 0.15) is 6.61 Å². The van der Waals surface area contributed by atoms with Crippen molar-refractivity contribution in [1.29, 1.82) is 0 Å². The van der Waals surface area contributed by atoms with Crippen LogP contribution in [0, 0.1) is 13.8 Å². The van der Waals surface area contributed by atoms with Crippen molar-refractivity contribution >= 4 is 51.9 Å². The number of carbonyl (C=O) groups excluding carboxylic acids is 1. The van der Waals surface area contributed by atoms with Crippen LogP contribution in [0.4, 0.5) is 17.1 Å². The lowest BCUT2D eigenvalue weighted by Crippen LogP contribution is -2.29. The number of anilines is 3. The Morgan fingerprint density at radius 2 is 1.79 bits per heavy atom. The number of amides is 1. The van der Waals surface area contributed by atoms with Gasteiger partial charge in [-0.15, -0.1) is 0 Å². The molecular formula is C33H37ClN6O2S. The molecule has 0 spiro atoms.